The third-order valence-electron chi connectivity index (χ3n) is 5.92. The zero-order valence-electron chi connectivity index (χ0n) is 15.8. The van der Waals surface area contributed by atoms with Crippen molar-refractivity contribution >= 4 is 29.2 Å². The number of piperidine rings is 3. The summed E-state index contributed by atoms with van der Waals surface area (Å²) in [5.74, 6) is 1.09. The van der Waals surface area contributed by atoms with E-state index >= 15 is 0 Å². The van der Waals surface area contributed by atoms with E-state index in [1.165, 1.54) is 12.8 Å². The maximum Gasteiger partial charge on any atom is 0.272 e. The number of carbonyl (C=O) groups excluding carboxylic acids is 1. The number of fused-ring (bicyclic) bond motifs is 4. The molecule has 3 aliphatic heterocycles. The fourth-order valence-corrected chi connectivity index (χ4v) is 4.45. The van der Waals surface area contributed by atoms with Crippen molar-refractivity contribution in [1.82, 2.24) is 25.0 Å². The molecule has 0 radical (unpaired) electrons. The van der Waals surface area contributed by atoms with E-state index in [0.29, 0.717) is 24.0 Å². The van der Waals surface area contributed by atoms with Gasteiger partial charge in [0.15, 0.2) is 5.69 Å². The number of amides is 1. The van der Waals surface area contributed by atoms with Crippen molar-refractivity contribution in [2.75, 3.05) is 19.6 Å². The molecule has 3 saturated heterocycles. The lowest BCUT2D eigenvalue weighted by Crippen LogP contribution is -2.57. The van der Waals surface area contributed by atoms with Crippen LogP contribution in [0.15, 0.2) is 35.1 Å². The van der Waals surface area contributed by atoms with Crippen molar-refractivity contribution in [1.29, 1.82) is 0 Å². The average Bonchev–Trinajstić information content (AvgIpc) is 3.36. The van der Waals surface area contributed by atoms with Gasteiger partial charge in [0.25, 0.3) is 5.91 Å². The fourth-order valence-electron chi connectivity index (χ4n) is 4.45. The van der Waals surface area contributed by atoms with Crippen LogP contribution in [-0.2, 0) is 6.54 Å². The Labute approximate surface area is 169 Å². The van der Waals surface area contributed by atoms with E-state index in [1.54, 1.807) is 12.5 Å². The highest BCUT2D eigenvalue weighted by Crippen LogP contribution is 2.29. The number of hydrogen-bond acceptors (Lipinski definition) is 5. The predicted octanol–water partition coefficient (Wildman–Crippen LogP) is 2.96. The number of hydrogen-bond donors (Lipinski definition) is 1. The Morgan fingerprint density at radius 1 is 1.32 bits per heavy atom. The highest BCUT2D eigenvalue weighted by molar-refractivity contribution is 6.05. The van der Waals surface area contributed by atoms with Crippen LogP contribution < -0.4 is 5.32 Å². The summed E-state index contributed by atoms with van der Waals surface area (Å²) in [5, 5.41) is 8.72. The summed E-state index contributed by atoms with van der Waals surface area (Å²) in [7, 11) is 0. The molecule has 1 atom stereocenters. The van der Waals surface area contributed by atoms with Crippen LogP contribution in [0.4, 0.5) is 0 Å². The van der Waals surface area contributed by atoms with Crippen LogP contribution in [0.3, 0.4) is 0 Å². The van der Waals surface area contributed by atoms with Crippen LogP contribution in [0, 0.1) is 5.92 Å². The summed E-state index contributed by atoms with van der Waals surface area (Å²) in [6.07, 6.45) is 5.54. The van der Waals surface area contributed by atoms with Crippen LogP contribution in [0.25, 0.3) is 22.4 Å². The number of aryl methyl sites for hydroxylation is 1. The van der Waals surface area contributed by atoms with Crippen LogP contribution >= 0.6 is 12.4 Å². The van der Waals surface area contributed by atoms with Gasteiger partial charge in [-0.25, -0.2) is 4.98 Å². The Bertz CT molecular complexity index is 976. The number of nitrogens with zero attached hydrogens (tertiary/aromatic N) is 4. The number of aromatic nitrogens is 3. The number of benzene rings is 1. The molecule has 0 aliphatic carbocycles. The number of nitrogens with one attached hydrogen (secondary N) is 1. The van der Waals surface area contributed by atoms with E-state index in [2.05, 4.69) is 20.3 Å². The second kappa shape index (κ2) is 7.56. The molecule has 6 rings (SSSR count). The Balaban J connectivity index is 0.00000192. The lowest BCUT2D eigenvalue weighted by molar-refractivity contribution is 0.0618. The molecular weight excluding hydrogens is 378 g/mol. The highest BCUT2D eigenvalue weighted by Gasteiger charge is 2.35. The maximum absolute atomic E-state index is 13.0. The van der Waals surface area contributed by atoms with E-state index in [1.807, 2.05) is 29.8 Å². The Morgan fingerprint density at radius 2 is 2.14 bits per heavy atom. The first-order valence-electron chi connectivity index (χ1n) is 9.66. The van der Waals surface area contributed by atoms with Crippen molar-refractivity contribution in [2.24, 2.45) is 5.92 Å². The Hall–Kier alpha value is -2.38. The number of rotatable bonds is 4. The van der Waals surface area contributed by atoms with Gasteiger partial charge in [-0.15, -0.1) is 12.4 Å². The lowest BCUT2D eigenvalue weighted by atomic mass is 9.84. The van der Waals surface area contributed by atoms with Crippen molar-refractivity contribution in [2.45, 2.75) is 32.4 Å². The zero-order chi connectivity index (χ0) is 18.4. The van der Waals surface area contributed by atoms with E-state index in [-0.39, 0.29) is 24.4 Å². The molecule has 8 heteroatoms. The molecule has 1 N–H and O–H groups in total. The van der Waals surface area contributed by atoms with Gasteiger partial charge in [0.2, 0.25) is 5.89 Å². The quantitative estimate of drug-likeness (QED) is 0.727. The monoisotopic (exact) mass is 401 g/mol. The molecule has 0 saturated carbocycles. The second-order valence-corrected chi connectivity index (χ2v) is 7.45. The third-order valence-corrected chi connectivity index (χ3v) is 5.92. The van der Waals surface area contributed by atoms with Gasteiger partial charge in [-0.2, -0.15) is 5.10 Å². The molecule has 3 aliphatic rings. The van der Waals surface area contributed by atoms with E-state index in [9.17, 15) is 4.79 Å². The molecule has 2 bridgehead atoms. The molecule has 1 aromatic carbocycles. The zero-order valence-corrected chi connectivity index (χ0v) is 16.6. The van der Waals surface area contributed by atoms with E-state index < -0.39 is 0 Å². The summed E-state index contributed by atoms with van der Waals surface area (Å²) in [4.78, 5) is 19.7. The summed E-state index contributed by atoms with van der Waals surface area (Å²) in [6.45, 7) is 6.00. The van der Waals surface area contributed by atoms with Gasteiger partial charge in [-0.1, -0.05) is 0 Å². The van der Waals surface area contributed by atoms with E-state index in [0.717, 1.165) is 36.1 Å². The van der Waals surface area contributed by atoms with Gasteiger partial charge in [0.1, 0.15) is 6.26 Å². The summed E-state index contributed by atoms with van der Waals surface area (Å²) in [5.41, 5.74) is 2.31. The normalized spacial score (nSPS) is 23.5. The lowest BCUT2D eigenvalue weighted by Gasteiger charge is -2.44. The fraction of sp³-hybridized carbons (Fsp3) is 0.450. The van der Waals surface area contributed by atoms with Gasteiger partial charge >= 0.3 is 0 Å². The molecule has 148 valence electrons. The standard InChI is InChI=1S/C20H23N5O2.ClH/c1-2-25-17-11-14(20-21-7-10-27-20)3-4-15(17)18(23-25)19(26)22-16-12-24-8-5-13(16)6-9-24;/h3-4,7,10-11,13,16H,2,5-6,8-9,12H2,1H3,(H,22,26);1H/t16-;/m1./s1. The number of carbonyl (C=O) groups is 1. The van der Waals surface area contributed by atoms with Gasteiger partial charge in [-0.3, -0.25) is 9.48 Å². The Kier molecular flexibility index (Phi) is 5.12. The van der Waals surface area contributed by atoms with Crippen LogP contribution in [0.2, 0.25) is 0 Å². The SMILES string of the molecule is CCn1nc(C(=O)N[C@@H]2CN3CCC2CC3)c2ccc(-c3ncco3)cc21.Cl. The molecule has 28 heavy (non-hydrogen) atoms. The van der Waals surface area contributed by atoms with Gasteiger partial charge in [0, 0.05) is 30.1 Å². The molecule has 3 fully saturated rings. The van der Waals surface area contributed by atoms with Crippen LogP contribution in [0.1, 0.15) is 30.3 Å². The minimum absolute atomic E-state index is 0. The van der Waals surface area contributed by atoms with Crippen molar-refractivity contribution in [3.8, 4) is 11.5 Å². The highest BCUT2D eigenvalue weighted by atomic mass is 35.5. The molecule has 2 aromatic heterocycles. The minimum Gasteiger partial charge on any atom is -0.445 e. The first-order valence-corrected chi connectivity index (χ1v) is 9.66. The molecule has 1 amide bonds. The van der Waals surface area contributed by atoms with Crippen molar-refractivity contribution in [3.05, 3.63) is 36.4 Å². The number of halogens is 1. The minimum atomic E-state index is -0.0742. The van der Waals surface area contributed by atoms with Crippen LogP contribution in [0.5, 0.6) is 0 Å². The average molecular weight is 402 g/mol. The van der Waals surface area contributed by atoms with E-state index in [4.69, 9.17) is 4.42 Å². The molecule has 3 aromatic rings. The summed E-state index contributed by atoms with van der Waals surface area (Å²) in [6, 6.07) is 6.09. The maximum atomic E-state index is 13.0. The summed E-state index contributed by atoms with van der Waals surface area (Å²) < 4.78 is 7.27. The smallest absolute Gasteiger partial charge is 0.272 e. The van der Waals surface area contributed by atoms with Gasteiger partial charge in [0.05, 0.1) is 11.7 Å². The molecular formula is C20H24ClN5O2. The first-order chi connectivity index (χ1) is 13.2. The first kappa shape index (κ1) is 19.0. The van der Waals surface area contributed by atoms with Crippen molar-refractivity contribution in [3.63, 3.8) is 0 Å². The van der Waals surface area contributed by atoms with Gasteiger partial charge < -0.3 is 14.6 Å². The molecule has 0 unspecified atom stereocenters. The predicted molar refractivity (Wildman–Crippen MR) is 109 cm³/mol. The van der Waals surface area contributed by atoms with Crippen molar-refractivity contribution < 1.29 is 9.21 Å². The molecule has 7 nitrogen and oxygen atoms in total. The Morgan fingerprint density at radius 3 is 2.79 bits per heavy atom. The summed E-state index contributed by atoms with van der Waals surface area (Å²) >= 11 is 0. The third kappa shape index (κ3) is 3.18. The van der Waals surface area contributed by atoms with Gasteiger partial charge in [-0.05, 0) is 57.0 Å². The van der Waals surface area contributed by atoms with Crippen LogP contribution in [-0.4, -0.2) is 51.2 Å². The second-order valence-electron chi connectivity index (χ2n) is 7.45. The number of oxazole rings is 1. The molecule has 5 heterocycles. The largest absolute Gasteiger partial charge is 0.445 e. The topological polar surface area (TPSA) is 76.2 Å². The molecule has 0 spiro atoms.